The molecule has 29 heavy (non-hydrogen) atoms. The highest BCUT2D eigenvalue weighted by molar-refractivity contribution is 5.98. The largest absolute Gasteiger partial charge is 0.497 e. The number of hydrogen-bond acceptors (Lipinski definition) is 2. The zero-order valence-electron chi connectivity index (χ0n) is 15.7. The average Bonchev–Trinajstić information content (AvgIpc) is 3.39. The molecule has 142 valence electrons. The molecule has 0 aliphatic heterocycles. The van der Waals surface area contributed by atoms with Gasteiger partial charge in [-0.1, -0.05) is 18.2 Å². The Kier molecular flexibility index (Phi) is 4.13. The predicted molar refractivity (Wildman–Crippen MR) is 113 cm³/mol. The van der Waals surface area contributed by atoms with Crippen molar-refractivity contribution in [3.05, 3.63) is 84.8 Å². The van der Waals surface area contributed by atoms with Gasteiger partial charge in [-0.05, 0) is 54.6 Å². The van der Waals surface area contributed by atoms with E-state index in [4.69, 9.17) is 9.72 Å². The van der Waals surface area contributed by atoms with Crippen LogP contribution in [0.5, 0.6) is 5.75 Å². The molecule has 5 heteroatoms. The summed E-state index contributed by atoms with van der Waals surface area (Å²) < 4.78 is 18.7. The molecular formula is C24H18FN3O. The van der Waals surface area contributed by atoms with Gasteiger partial charge in [-0.15, -0.1) is 0 Å². The Morgan fingerprint density at radius 2 is 1.59 bits per heavy atom. The summed E-state index contributed by atoms with van der Waals surface area (Å²) in [6.07, 6.45) is 1.99. The van der Waals surface area contributed by atoms with E-state index in [9.17, 15) is 4.39 Å². The highest BCUT2D eigenvalue weighted by Gasteiger charge is 2.18. The van der Waals surface area contributed by atoms with Gasteiger partial charge in [0.25, 0.3) is 0 Å². The quantitative estimate of drug-likeness (QED) is 0.397. The van der Waals surface area contributed by atoms with Gasteiger partial charge in [0.1, 0.15) is 17.4 Å². The number of hydrogen-bond donors (Lipinski definition) is 2. The van der Waals surface area contributed by atoms with Crippen LogP contribution in [0.1, 0.15) is 0 Å². The summed E-state index contributed by atoms with van der Waals surface area (Å²) in [5.41, 5.74) is 5.63. The number of rotatable bonds is 4. The van der Waals surface area contributed by atoms with Crippen molar-refractivity contribution in [2.75, 3.05) is 7.11 Å². The number of imidazole rings is 1. The number of methoxy groups -OCH3 is 1. The Morgan fingerprint density at radius 3 is 2.34 bits per heavy atom. The van der Waals surface area contributed by atoms with Gasteiger partial charge in [0, 0.05) is 33.8 Å². The molecule has 5 rings (SSSR count). The Labute approximate surface area is 167 Å². The number of H-pyrrole nitrogens is 2. The van der Waals surface area contributed by atoms with Crippen molar-refractivity contribution in [1.29, 1.82) is 0 Å². The Morgan fingerprint density at radius 1 is 0.862 bits per heavy atom. The zero-order chi connectivity index (χ0) is 19.8. The third-order valence-corrected chi connectivity index (χ3v) is 5.04. The van der Waals surface area contributed by atoms with E-state index in [1.54, 1.807) is 19.2 Å². The van der Waals surface area contributed by atoms with Crippen LogP contribution in [0.15, 0.2) is 79.0 Å². The third-order valence-electron chi connectivity index (χ3n) is 5.04. The smallest absolute Gasteiger partial charge is 0.138 e. The fourth-order valence-electron chi connectivity index (χ4n) is 3.55. The van der Waals surface area contributed by atoms with Crippen molar-refractivity contribution >= 4 is 10.9 Å². The minimum atomic E-state index is -0.271. The average molecular weight is 383 g/mol. The van der Waals surface area contributed by atoms with Crippen molar-refractivity contribution in [3.63, 3.8) is 0 Å². The first kappa shape index (κ1) is 17.3. The number of halogens is 1. The van der Waals surface area contributed by atoms with Gasteiger partial charge in [0.2, 0.25) is 0 Å². The first-order valence-corrected chi connectivity index (χ1v) is 9.30. The molecule has 2 N–H and O–H groups in total. The molecule has 2 heterocycles. The fraction of sp³-hybridized carbons (Fsp3) is 0.0417. The molecule has 0 amide bonds. The summed E-state index contributed by atoms with van der Waals surface area (Å²) in [7, 11) is 1.65. The Bertz CT molecular complexity index is 1280. The van der Waals surface area contributed by atoms with E-state index in [0.29, 0.717) is 5.82 Å². The van der Waals surface area contributed by atoms with Crippen LogP contribution in [-0.4, -0.2) is 22.1 Å². The molecule has 0 atom stereocenters. The lowest BCUT2D eigenvalue weighted by molar-refractivity contribution is 0.415. The fourth-order valence-corrected chi connectivity index (χ4v) is 3.55. The van der Waals surface area contributed by atoms with Gasteiger partial charge < -0.3 is 14.7 Å². The molecule has 0 unspecified atom stereocenters. The van der Waals surface area contributed by atoms with Crippen molar-refractivity contribution in [2.45, 2.75) is 0 Å². The van der Waals surface area contributed by atoms with E-state index in [0.717, 1.165) is 44.7 Å². The van der Waals surface area contributed by atoms with E-state index < -0.39 is 0 Å². The molecule has 0 saturated carbocycles. The van der Waals surface area contributed by atoms with Gasteiger partial charge in [0.15, 0.2) is 0 Å². The molecule has 0 aliphatic carbocycles. The lowest BCUT2D eigenvalue weighted by Crippen LogP contribution is -1.85. The van der Waals surface area contributed by atoms with Crippen LogP contribution in [0.3, 0.4) is 0 Å². The van der Waals surface area contributed by atoms with Gasteiger partial charge in [-0.25, -0.2) is 9.37 Å². The van der Waals surface area contributed by atoms with Crippen molar-refractivity contribution in [3.8, 4) is 39.7 Å². The second-order valence-corrected chi connectivity index (χ2v) is 6.79. The summed E-state index contributed by atoms with van der Waals surface area (Å²) >= 11 is 0. The third kappa shape index (κ3) is 3.06. The van der Waals surface area contributed by atoms with Crippen molar-refractivity contribution in [1.82, 2.24) is 15.0 Å². The molecule has 0 radical (unpaired) electrons. The summed E-state index contributed by atoms with van der Waals surface area (Å²) in [6.45, 7) is 0. The monoisotopic (exact) mass is 383 g/mol. The van der Waals surface area contributed by atoms with Crippen LogP contribution in [-0.2, 0) is 0 Å². The predicted octanol–water partition coefficient (Wildman–Crippen LogP) is 6.04. The molecule has 0 fully saturated rings. The molecule has 0 saturated heterocycles. The molecule has 0 spiro atoms. The van der Waals surface area contributed by atoms with Crippen LogP contribution in [0.25, 0.3) is 44.8 Å². The van der Waals surface area contributed by atoms with Crippen LogP contribution >= 0.6 is 0 Å². The van der Waals surface area contributed by atoms with Crippen molar-refractivity contribution in [2.24, 2.45) is 0 Å². The lowest BCUT2D eigenvalue weighted by atomic mass is 10.0. The molecule has 0 aliphatic rings. The van der Waals surface area contributed by atoms with Crippen LogP contribution < -0.4 is 4.74 Å². The second-order valence-electron chi connectivity index (χ2n) is 6.79. The molecule has 5 aromatic rings. The maximum absolute atomic E-state index is 13.4. The van der Waals surface area contributed by atoms with Crippen LogP contribution in [0.4, 0.5) is 4.39 Å². The van der Waals surface area contributed by atoms with E-state index >= 15 is 0 Å². The standard InChI is InChI=1S/C24H18FN3O/c1-29-18-12-8-15(9-13-18)22-23(20-14-26-21-5-3-2-4-19(20)21)28-24(27-22)16-6-10-17(25)11-7-16/h2-14,26H,1H3,(H,27,28). The molecule has 2 aromatic heterocycles. The maximum atomic E-state index is 13.4. The second kappa shape index (κ2) is 6.95. The topological polar surface area (TPSA) is 53.7 Å². The highest BCUT2D eigenvalue weighted by Crippen LogP contribution is 2.37. The van der Waals surface area contributed by atoms with Gasteiger partial charge in [0.05, 0.1) is 18.5 Å². The van der Waals surface area contributed by atoms with Gasteiger partial charge >= 0.3 is 0 Å². The Balaban J connectivity index is 1.72. The SMILES string of the molecule is COc1ccc(-c2nc(-c3ccc(F)cc3)[nH]c2-c2c[nH]c3ccccc23)cc1. The van der Waals surface area contributed by atoms with E-state index in [1.165, 1.54) is 12.1 Å². The minimum Gasteiger partial charge on any atom is -0.497 e. The molecule has 0 bridgehead atoms. The lowest BCUT2D eigenvalue weighted by Gasteiger charge is -2.04. The van der Waals surface area contributed by atoms with Gasteiger partial charge in [-0.2, -0.15) is 0 Å². The molecule has 4 nitrogen and oxygen atoms in total. The molecule has 3 aromatic carbocycles. The summed E-state index contributed by atoms with van der Waals surface area (Å²) in [6, 6.07) is 22.3. The van der Waals surface area contributed by atoms with Crippen molar-refractivity contribution < 1.29 is 9.13 Å². The first-order valence-electron chi connectivity index (χ1n) is 9.30. The minimum absolute atomic E-state index is 0.271. The molecular weight excluding hydrogens is 365 g/mol. The normalized spacial score (nSPS) is 11.1. The summed E-state index contributed by atoms with van der Waals surface area (Å²) in [5, 5.41) is 1.11. The first-order chi connectivity index (χ1) is 14.2. The van der Waals surface area contributed by atoms with Gasteiger partial charge in [-0.3, -0.25) is 0 Å². The summed E-state index contributed by atoms with van der Waals surface area (Å²) in [5.74, 6) is 1.21. The van der Waals surface area contributed by atoms with E-state index in [2.05, 4.69) is 16.0 Å². The number of aromatic amines is 2. The Hall–Kier alpha value is -3.86. The number of para-hydroxylation sites is 1. The number of aromatic nitrogens is 3. The number of ether oxygens (including phenoxy) is 1. The number of nitrogens with zero attached hydrogens (tertiary/aromatic N) is 1. The summed E-state index contributed by atoms with van der Waals surface area (Å²) in [4.78, 5) is 11.6. The van der Waals surface area contributed by atoms with Crippen LogP contribution in [0, 0.1) is 5.82 Å². The zero-order valence-corrected chi connectivity index (χ0v) is 15.7. The number of fused-ring (bicyclic) bond motifs is 1. The number of benzene rings is 3. The van der Waals surface area contributed by atoms with E-state index in [-0.39, 0.29) is 5.82 Å². The van der Waals surface area contributed by atoms with Crippen LogP contribution in [0.2, 0.25) is 0 Å². The highest BCUT2D eigenvalue weighted by atomic mass is 19.1. The maximum Gasteiger partial charge on any atom is 0.138 e. The number of nitrogens with one attached hydrogen (secondary N) is 2. The van der Waals surface area contributed by atoms with E-state index in [1.807, 2.05) is 48.7 Å².